The Balaban J connectivity index is 1.74. The van der Waals surface area contributed by atoms with Crippen LogP contribution in [0.5, 0.6) is 0 Å². The third-order valence-electron chi connectivity index (χ3n) is 4.11. The summed E-state index contributed by atoms with van der Waals surface area (Å²) in [5.74, 6) is 1.24. The van der Waals surface area contributed by atoms with Gasteiger partial charge in [-0.1, -0.05) is 0 Å². The lowest BCUT2D eigenvalue weighted by Crippen LogP contribution is -2.45. The summed E-state index contributed by atoms with van der Waals surface area (Å²) in [5.41, 5.74) is -0.0717. The molecule has 2 fully saturated rings. The molecule has 2 unspecified atom stereocenters. The SMILES string of the molecule is O=c1[nH]ccnc1N1CCCC(C2CCCN2)C1. The molecule has 2 atom stereocenters. The van der Waals surface area contributed by atoms with Gasteiger partial charge in [-0.25, -0.2) is 4.98 Å². The first-order valence-electron chi connectivity index (χ1n) is 6.86. The molecule has 0 saturated carbocycles. The van der Waals surface area contributed by atoms with E-state index in [2.05, 4.69) is 20.2 Å². The van der Waals surface area contributed by atoms with Gasteiger partial charge in [-0.05, 0) is 38.1 Å². The Bertz CT molecular complexity index is 452. The lowest BCUT2D eigenvalue weighted by Gasteiger charge is -2.35. The lowest BCUT2D eigenvalue weighted by molar-refractivity contribution is 0.327. The number of hydrogen-bond acceptors (Lipinski definition) is 4. The first kappa shape index (κ1) is 11.7. The van der Waals surface area contributed by atoms with E-state index in [-0.39, 0.29) is 5.56 Å². The van der Waals surface area contributed by atoms with Crippen molar-refractivity contribution in [2.75, 3.05) is 24.5 Å². The predicted molar refractivity (Wildman–Crippen MR) is 70.8 cm³/mol. The molecule has 5 nitrogen and oxygen atoms in total. The molecule has 18 heavy (non-hydrogen) atoms. The maximum Gasteiger partial charge on any atom is 0.290 e. The van der Waals surface area contributed by atoms with E-state index in [4.69, 9.17) is 0 Å². The molecular weight excluding hydrogens is 228 g/mol. The van der Waals surface area contributed by atoms with Gasteiger partial charge >= 0.3 is 0 Å². The standard InChI is InChI=1S/C13H20N4O/c18-13-12(15-6-7-16-13)17-8-2-3-10(9-17)11-4-1-5-14-11/h6-7,10-11,14H,1-5,8-9H2,(H,16,18). The van der Waals surface area contributed by atoms with Crippen LogP contribution in [0.25, 0.3) is 0 Å². The van der Waals surface area contributed by atoms with E-state index in [9.17, 15) is 4.79 Å². The van der Waals surface area contributed by atoms with E-state index in [0.29, 0.717) is 17.8 Å². The van der Waals surface area contributed by atoms with Crippen molar-refractivity contribution in [2.45, 2.75) is 31.7 Å². The molecule has 3 rings (SSSR count). The lowest BCUT2D eigenvalue weighted by atomic mass is 9.90. The molecule has 1 aromatic rings. The van der Waals surface area contributed by atoms with Crippen LogP contribution >= 0.6 is 0 Å². The molecule has 0 spiro atoms. The van der Waals surface area contributed by atoms with E-state index in [1.54, 1.807) is 12.4 Å². The number of nitrogens with zero attached hydrogens (tertiary/aromatic N) is 2. The van der Waals surface area contributed by atoms with E-state index >= 15 is 0 Å². The van der Waals surface area contributed by atoms with Crippen LogP contribution in [0, 0.1) is 5.92 Å². The third-order valence-corrected chi connectivity index (χ3v) is 4.11. The van der Waals surface area contributed by atoms with Crippen molar-refractivity contribution < 1.29 is 0 Å². The third kappa shape index (κ3) is 2.27. The number of hydrogen-bond donors (Lipinski definition) is 2. The van der Waals surface area contributed by atoms with Gasteiger partial charge < -0.3 is 15.2 Å². The van der Waals surface area contributed by atoms with Crippen molar-refractivity contribution in [1.29, 1.82) is 0 Å². The van der Waals surface area contributed by atoms with E-state index in [1.807, 2.05) is 0 Å². The summed E-state index contributed by atoms with van der Waals surface area (Å²) in [4.78, 5) is 20.8. The van der Waals surface area contributed by atoms with Gasteiger partial charge in [0.05, 0.1) is 0 Å². The van der Waals surface area contributed by atoms with Gasteiger partial charge in [-0.2, -0.15) is 0 Å². The first-order valence-corrected chi connectivity index (χ1v) is 6.86. The highest BCUT2D eigenvalue weighted by Crippen LogP contribution is 2.25. The van der Waals surface area contributed by atoms with Gasteiger partial charge in [0.25, 0.3) is 5.56 Å². The molecular formula is C13H20N4O. The smallest absolute Gasteiger partial charge is 0.290 e. The first-order chi connectivity index (χ1) is 8.84. The fourth-order valence-corrected chi connectivity index (χ4v) is 3.21. The van der Waals surface area contributed by atoms with Crippen molar-refractivity contribution in [2.24, 2.45) is 5.92 Å². The van der Waals surface area contributed by atoms with Gasteiger partial charge in [0.1, 0.15) is 0 Å². The van der Waals surface area contributed by atoms with Gasteiger partial charge in [0.15, 0.2) is 5.82 Å². The maximum atomic E-state index is 11.8. The molecule has 2 aliphatic heterocycles. The molecule has 2 aliphatic rings. The minimum Gasteiger partial charge on any atom is -0.352 e. The highest BCUT2D eigenvalue weighted by molar-refractivity contribution is 5.35. The molecule has 0 aliphatic carbocycles. The number of nitrogens with one attached hydrogen (secondary N) is 2. The van der Waals surface area contributed by atoms with Crippen LogP contribution in [0.15, 0.2) is 17.2 Å². The summed E-state index contributed by atoms with van der Waals surface area (Å²) in [7, 11) is 0. The quantitative estimate of drug-likeness (QED) is 0.810. The summed E-state index contributed by atoms with van der Waals surface area (Å²) in [6, 6.07) is 0.635. The van der Waals surface area contributed by atoms with E-state index in [1.165, 1.54) is 19.3 Å². The van der Waals surface area contributed by atoms with E-state index in [0.717, 1.165) is 26.1 Å². The molecule has 0 aromatic carbocycles. The fraction of sp³-hybridized carbons (Fsp3) is 0.692. The zero-order valence-electron chi connectivity index (χ0n) is 10.6. The Morgan fingerprint density at radius 3 is 3.06 bits per heavy atom. The van der Waals surface area contributed by atoms with E-state index < -0.39 is 0 Å². The normalized spacial score (nSPS) is 28.6. The van der Waals surface area contributed by atoms with Crippen LogP contribution in [-0.2, 0) is 0 Å². The van der Waals surface area contributed by atoms with Crippen LogP contribution < -0.4 is 15.8 Å². The largest absolute Gasteiger partial charge is 0.352 e. The Labute approximate surface area is 107 Å². The van der Waals surface area contributed by atoms with Crippen molar-refractivity contribution in [1.82, 2.24) is 15.3 Å². The van der Waals surface area contributed by atoms with Gasteiger partial charge in [-0.3, -0.25) is 4.79 Å². The van der Waals surface area contributed by atoms with Crippen LogP contribution in [0.2, 0.25) is 0 Å². The zero-order chi connectivity index (χ0) is 12.4. The molecule has 98 valence electrons. The molecule has 3 heterocycles. The Morgan fingerprint density at radius 1 is 1.33 bits per heavy atom. The molecule has 0 bridgehead atoms. The van der Waals surface area contributed by atoms with Crippen LogP contribution in [0.3, 0.4) is 0 Å². The van der Waals surface area contributed by atoms with Crippen molar-refractivity contribution in [3.63, 3.8) is 0 Å². The maximum absolute atomic E-state index is 11.8. The summed E-state index contributed by atoms with van der Waals surface area (Å²) in [6.07, 6.45) is 8.22. The second kappa shape index (κ2) is 5.10. The topological polar surface area (TPSA) is 61.0 Å². The van der Waals surface area contributed by atoms with Crippen LogP contribution in [0.1, 0.15) is 25.7 Å². The number of piperidine rings is 1. The highest BCUT2D eigenvalue weighted by atomic mass is 16.1. The highest BCUT2D eigenvalue weighted by Gasteiger charge is 2.30. The zero-order valence-corrected chi connectivity index (χ0v) is 10.6. The predicted octanol–water partition coefficient (Wildman–Crippen LogP) is 0.738. The van der Waals surface area contributed by atoms with Crippen molar-refractivity contribution in [3.05, 3.63) is 22.7 Å². The van der Waals surface area contributed by atoms with Gasteiger partial charge in [0.2, 0.25) is 0 Å². The number of aromatic nitrogens is 2. The fourth-order valence-electron chi connectivity index (χ4n) is 3.21. The second-order valence-corrected chi connectivity index (χ2v) is 5.29. The molecule has 2 saturated heterocycles. The summed E-state index contributed by atoms with van der Waals surface area (Å²) < 4.78 is 0. The van der Waals surface area contributed by atoms with Crippen molar-refractivity contribution in [3.8, 4) is 0 Å². The molecule has 0 amide bonds. The minimum atomic E-state index is -0.0717. The molecule has 0 radical (unpaired) electrons. The Kier molecular flexibility index (Phi) is 3.32. The van der Waals surface area contributed by atoms with Gasteiger partial charge in [-0.15, -0.1) is 0 Å². The Morgan fingerprint density at radius 2 is 2.28 bits per heavy atom. The average molecular weight is 248 g/mol. The molecule has 2 N–H and O–H groups in total. The van der Waals surface area contributed by atoms with Crippen molar-refractivity contribution >= 4 is 5.82 Å². The van der Waals surface area contributed by atoms with Crippen LogP contribution in [-0.4, -0.2) is 35.6 Å². The summed E-state index contributed by atoms with van der Waals surface area (Å²) in [6.45, 7) is 3.05. The number of anilines is 1. The number of aromatic amines is 1. The number of H-pyrrole nitrogens is 1. The monoisotopic (exact) mass is 248 g/mol. The number of rotatable bonds is 2. The summed E-state index contributed by atoms with van der Waals surface area (Å²) >= 11 is 0. The molecule has 1 aromatic heterocycles. The summed E-state index contributed by atoms with van der Waals surface area (Å²) in [5, 5.41) is 3.58. The Hall–Kier alpha value is -1.36. The second-order valence-electron chi connectivity index (χ2n) is 5.29. The van der Waals surface area contributed by atoms with Gasteiger partial charge in [0, 0.05) is 31.5 Å². The van der Waals surface area contributed by atoms with Crippen LogP contribution in [0.4, 0.5) is 5.82 Å². The minimum absolute atomic E-state index is 0.0717. The molecule has 5 heteroatoms. The average Bonchev–Trinajstić information content (AvgIpc) is 2.93.